The summed E-state index contributed by atoms with van der Waals surface area (Å²) in [5.41, 5.74) is 0.680. The number of aryl methyl sites for hydroxylation is 1. The van der Waals surface area contributed by atoms with Gasteiger partial charge in [0.05, 0.1) is 19.5 Å². The highest BCUT2D eigenvalue weighted by molar-refractivity contribution is 6.04. The first-order chi connectivity index (χ1) is 9.51. The van der Waals surface area contributed by atoms with Gasteiger partial charge in [-0.25, -0.2) is 4.98 Å². The molecule has 1 N–H and O–H groups in total. The molecule has 9 heteroatoms. The molecule has 0 fully saturated rings. The SMILES string of the molecule is COc1ncc(NC(=O)c2cn(C)nn2)c(N(C)C)n1. The molecule has 0 saturated carbocycles. The smallest absolute Gasteiger partial charge is 0.318 e. The van der Waals surface area contributed by atoms with Crippen LogP contribution in [-0.4, -0.2) is 52.1 Å². The molecule has 0 saturated heterocycles. The maximum absolute atomic E-state index is 12.0. The van der Waals surface area contributed by atoms with Gasteiger partial charge in [-0.15, -0.1) is 5.10 Å². The molecular weight excluding hydrogens is 262 g/mol. The summed E-state index contributed by atoms with van der Waals surface area (Å²) in [6.07, 6.45) is 3.00. The van der Waals surface area contributed by atoms with Crippen LogP contribution in [0.15, 0.2) is 12.4 Å². The van der Waals surface area contributed by atoms with Crippen LogP contribution in [0.5, 0.6) is 6.01 Å². The molecule has 9 nitrogen and oxygen atoms in total. The molecule has 1 amide bonds. The fourth-order valence-electron chi connectivity index (χ4n) is 1.52. The van der Waals surface area contributed by atoms with Gasteiger partial charge in [-0.1, -0.05) is 5.21 Å². The number of methoxy groups -OCH3 is 1. The van der Waals surface area contributed by atoms with Crippen LogP contribution in [0.1, 0.15) is 10.5 Å². The molecule has 106 valence electrons. The zero-order chi connectivity index (χ0) is 14.7. The lowest BCUT2D eigenvalue weighted by Gasteiger charge is -2.16. The minimum atomic E-state index is -0.380. The molecule has 20 heavy (non-hydrogen) atoms. The lowest BCUT2D eigenvalue weighted by Crippen LogP contribution is -2.19. The number of aromatic nitrogens is 5. The summed E-state index contributed by atoms with van der Waals surface area (Å²) in [7, 11) is 6.78. The van der Waals surface area contributed by atoms with Gasteiger partial charge in [0, 0.05) is 21.1 Å². The molecule has 0 aliphatic heterocycles. The van der Waals surface area contributed by atoms with Gasteiger partial charge in [0.2, 0.25) is 0 Å². The van der Waals surface area contributed by atoms with Crippen molar-refractivity contribution < 1.29 is 9.53 Å². The number of carbonyl (C=O) groups excluding carboxylic acids is 1. The average Bonchev–Trinajstić information content (AvgIpc) is 2.85. The maximum Gasteiger partial charge on any atom is 0.318 e. The fraction of sp³-hybridized carbons (Fsp3) is 0.364. The number of nitrogens with zero attached hydrogens (tertiary/aromatic N) is 6. The van der Waals surface area contributed by atoms with Gasteiger partial charge in [0.1, 0.15) is 5.69 Å². The first-order valence-electron chi connectivity index (χ1n) is 5.77. The zero-order valence-electron chi connectivity index (χ0n) is 11.7. The Hall–Kier alpha value is -2.71. The van der Waals surface area contributed by atoms with Gasteiger partial charge in [0.25, 0.3) is 5.91 Å². The molecule has 0 bridgehead atoms. The zero-order valence-corrected chi connectivity index (χ0v) is 11.7. The van der Waals surface area contributed by atoms with Crippen LogP contribution in [0.25, 0.3) is 0 Å². The summed E-state index contributed by atoms with van der Waals surface area (Å²) in [4.78, 5) is 21.9. The first-order valence-corrected chi connectivity index (χ1v) is 5.77. The van der Waals surface area contributed by atoms with Crippen molar-refractivity contribution in [3.8, 4) is 6.01 Å². The van der Waals surface area contributed by atoms with Crippen LogP contribution in [-0.2, 0) is 7.05 Å². The second-order valence-corrected chi connectivity index (χ2v) is 4.22. The molecule has 0 aromatic carbocycles. The van der Waals surface area contributed by atoms with Crippen LogP contribution >= 0.6 is 0 Å². The maximum atomic E-state index is 12.0. The second kappa shape index (κ2) is 5.51. The van der Waals surface area contributed by atoms with Crippen molar-refractivity contribution >= 4 is 17.4 Å². The number of amides is 1. The summed E-state index contributed by atoms with van der Waals surface area (Å²) in [6.45, 7) is 0. The van der Waals surface area contributed by atoms with Crippen LogP contribution in [0.2, 0.25) is 0 Å². The number of ether oxygens (including phenoxy) is 1. The summed E-state index contributed by atoms with van der Waals surface area (Å²) < 4.78 is 6.42. The Bertz CT molecular complexity index is 623. The van der Waals surface area contributed by atoms with E-state index in [0.29, 0.717) is 11.5 Å². The Morgan fingerprint density at radius 1 is 1.45 bits per heavy atom. The quantitative estimate of drug-likeness (QED) is 0.835. The minimum absolute atomic E-state index is 0.216. The summed E-state index contributed by atoms with van der Waals surface area (Å²) in [6, 6.07) is 0.228. The third-order valence-electron chi connectivity index (χ3n) is 2.44. The third kappa shape index (κ3) is 2.82. The van der Waals surface area contributed by atoms with E-state index in [2.05, 4.69) is 25.6 Å². The Labute approximate surface area is 115 Å². The number of hydrogen-bond acceptors (Lipinski definition) is 7. The van der Waals surface area contributed by atoms with Gasteiger partial charge in [-0.2, -0.15) is 4.98 Å². The van der Waals surface area contributed by atoms with Crippen molar-refractivity contribution in [1.29, 1.82) is 0 Å². The minimum Gasteiger partial charge on any atom is -0.467 e. The molecule has 2 heterocycles. The van der Waals surface area contributed by atoms with E-state index in [4.69, 9.17) is 4.74 Å². The van der Waals surface area contributed by atoms with Gasteiger partial charge < -0.3 is 15.0 Å². The van der Waals surface area contributed by atoms with E-state index in [1.165, 1.54) is 24.2 Å². The fourth-order valence-corrected chi connectivity index (χ4v) is 1.52. The topological polar surface area (TPSA) is 98.1 Å². The summed E-state index contributed by atoms with van der Waals surface area (Å²) in [5.74, 6) is 0.157. The summed E-state index contributed by atoms with van der Waals surface area (Å²) >= 11 is 0. The van der Waals surface area contributed by atoms with Gasteiger partial charge in [-0.05, 0) is 0 Å². The van der Waals surface area contributed by atoms with Crippen LogP contribution in [0.3, 0.4) is 0 Å². The van der Waals surface area contributed by atoms with E-state index in [0.717, 1.165) is 0 Å². The molecule has 0 unspecified atom stereocenters. The van der Waals surface area contributed by atoms with Crippen molar-refractivity contribution in [1.82, 2.24) is 25.0 Å². The largest absolute Gasteiger partial charge is 0.467 e. The average molecular weight is 277 g/mol. The molecule has 2 aromatic rings. The molecular formula is C11H15N7O2. The predicted octanol–water partition coefficient (Wildman–Crippen LogP) is -0.0680. The Balaban J connectivity index is 2.26. The van der Waals surface area contributed by atoms with Crippen molar-refractivity contribution in [2.75, 3.05) is 31.4 Å². The van der Waals surface area contributed by atoms with E-state index in [9.17, 15) is 4.79 Å². The highest BCUT2D eigenvalue weighted by atomic mass is 16.5. The first kappa shape index (κ1) is 13.7. The molecule has 0 aliphatic carbocycles. The van der Waals surface area contributed by atoms with Crippen molar-refractivity contribution in [2.45, 2.75) is 0 Å². The normalized spacial score (nSPS) is 10.2. The monoisotopic (exact) mass is 277 g/mol. The highest BCUT2D eigenvalue weighted by Gasteiger charge is 2.15. The van der Waals surface area contributed by atoms with Crippen LogP contribution in [0, 0.1) is 0 Å². The van der Waals surface area contributed by atoms with Crippen LogP contribution in [0.4, 0.5) is 11.5 Å². The summed E-state index contributed by atoms with van der Waals surface area (Å²) in [5, 5.41) is 10.1. The van der Waals surface area contributed by atoms with Crippen molar-refractivity contribution in [3.63, 3.8) is 0 Å². The van der Waals surface area contributed by atoms with Gasteiger partial charge >= 0.3 is 6.01 Å². The van der Waals surface area contributed by atoms with E-state index in [1.807, 2.05) is 0 Å². The Kier molecular flexibility index (Phi) is 3.78. The standard InChI is InChI=1S/C11H15N7O2/c1-17(2)9-7(5-12-11(14-9)20-4)13-10(19)8-6-18(3)16-15-8/h5-6H,1-4H3,(H,13,19). The van der Waals surface area contributed by atoms with Crippen molar-refractivity contribution in [3.05, 3.63) is 18.1 Å². The number of carbonyl (C=O) groups is 1. The molecule has 2 aromatic heterocycles. The molecule has 0 aliphatic rings. The van der Waals surface area contributed by atoms with Crippen LogP contribution < -0.4 is 15.0 Å². The predicted molar refractivity (Wildman–Crippen MR) is 71.9 cm³/mol. The Morgan fingerprint density at radius 2 is 2.20 bits per heavy atom. The number of hydrogen-bond donors (Lipinski definition) is 1. The second-order valence-electron chi connectivity index (χ2n) is 4.22. The molecule has 0 spiro atoms. The number of nitrogens with one attached hydrogen (secondary N) is 1. The van der Waals surface area contributed by atoms with E-state index in [1.54, 1.807) is 26.0 Å². The van der Waals surface area contributed by atoms with E-state index < -0.39 is 0 Å². The lowest BCUT2D eigenvalue weighted by molar-refractivity contribution is 0.102. The third-order valence-corrected chi connectivity index (χ3v) is 2.44. The van der Waals surface area contributed by atoms with Crippen molar-refractivity contribution in [2.24, 2.45) is 7.05 Å². The highest BCUT2D eigenvalue weighted by Crippen LogP contribution is 2.23. The van der Waals surface area contributed by atoms with E-state index in [-0.39, 0.29) is 17.6 Å². The van der Waals surface area contributed by atoms with Gasteiger partial charge in [-0.3, -0.25) is 9.48 Å². The molecule has 2 rings (SSSR count). The Morgan fingerprint density at radius 3 is 2.75 bits per heavy atom. The molecule has 0 radical (unpaired) electrons. The van der Waals surface area contributed by atoms with E-state index >= 15 is 0 Å². The lowest BCUT2D eigenvalue weighted by atomic mass is 10.4. The number of rotatable bonds is 4. The molecule has 0 atom stereocenters. The van der Waals surface area contributed by atoms with Gasteiger partial charge in [0.15, 0.2) is 11.5 Å². The number of anilines is 2.